The van der Waals surface area contributed by atoms with E-state index in [0.29, 0.717) is 22.4 Å². The van der Waals surface area contributed by atoms with Crippen LogP contribution in [0.4, 0.5) is 11.4 Å². The topological polar surface area (TPSA) is 81.9 Å². The Kier molecular flexibility index (Phi) is 6.93. The zero-order chi connectivity index (χ0) is 20.8. The summed E-state index contributed by atoms with van der Waals surface area (Å²) in [4.78, 5) is 25.4. The lowest BCUT2D eigenvalue weighted by Gasteiger charge is -2.32. The molecule has 0 radical (unpaired) electrons. The summed E-state index contributed by atoms with van der Waals surface area (Å²) >= 11 is 5.81. The Morgan fingerprint density at radius 3 is 2.69 bits per heavy atom. The zero-order valence-corrected chi connectivity index (χ0v) is 16.9. The van der Waals surface area contributed by atoms with Crippen LogP contribution in [0, 0.1) is 16.0 Å². The fourth-order valence-corrected chi connectivity index (χ4v) is 3.51. The largest absolute Gasteiger partial charge is 0.490 e. The Morgan fingerprint density at radius 2 is 2.00 bits per heavy atom. The van der Waals surface area contributed by atoms with E-state index in [0.717, 1.165) is 25.9 Å². The van der Waals surface area contributed by atoms with Crippen LogP contribution in [-0.4, -0.2) is 37.2 Å². The first-order chi connectivity index (χ1) is 13.9. The summed E-state index contributed by atoms with van der Waals surface area (Å²) < 4.78 is 10.7. The van der Waals surface area contributed by atoms with Gasteiger partial charge in [0.1, 0.15) is 24.7 Å². The van der Waals surface area contributed by atoms with E-state index in [9.17, 15) is 14.9 Å². The lowest BCUT2D eigenvalue weighted by atomic mass is 9.99. The van der Waals surface area contributed by atoms with Crippen molar-refractivity contribution in [3.8, 4) is 5.75 Å². The smallest absolute Gasteiger partial charge is 0.338 e. The van der Waals surface area contributed by atoms with Crippen LogP contribution < -0.4 is 9.64 Å². The van der Waals surface area contributed by atoms with E-state index in [2.05, 4.69) is 6.92 Å². The first kappa shape index (κ1) is 20.9. The second kappa shape index (κ2) is 9.60. The maximum atomic E-state index is 12.3. The van der Waals surface area contributed by atoms with Gasteiger partial charge in [-0.3, -0.25) is 10.1 Å². The molecule has 1 saturated heterocycles. The van der Waals surface area contributed by atoms with Crippen molar-refractivity contribution in [2.24, 2.45) is 5.92 Å². The van der Waals surface area contributed by atoms with Crippen molar-refractivity contribution in [1.29, 1.82) is 0 Å². The number of halogens is 1. The molecule has 154 valence electrons. The summed E-state index contributed by atoms with van der Waals surface area (Å²) in [5.74, 6) is 0.473. The van der Waals surface area contributed by atoms with Crippen molar-refractivity contribution in [2.75, 3.05) is 31.2 Å². The number of nitrogens with zero attached hydrogens (tertiary/aromatic N) is 2. The van der Waals surface area contributed by atoms with Crippen molar-refractivity contribution in [2.45, 2.75) is 19.8 Å². The number of hydrogen-bond donors (Lipinski definition) is 0. The maximum Gasteiger partial charge on any atom is 0.338 e. The average Bonchev–Trinajstić information content (AvgIpc) is 2.72. The number of esters is 1. The molecule has 0 unspecified atom stereocenters. The lowest BCUT2D eigenvalue weighted by Crippen LogP contribution is -2.34. The fraction of sp³-hybridized carbons (Fsp3) is 0.381. The van der Waals surface area contributed by atoms with E-state index in [1.807, 2.05) is 4.90 Å². The van der Waals surface area contributed by atoms with E-state index < -0.39 is 10.9 Å². The molecule has 1 fully saturated rings. The van der Waals surface area contributed by atoms with Gasteiger partial charge >= 0.3 is 5.97 Å². The monoisotopic (exact) mass is 418 g/mol. The third kappa shape index (κ3) is 5.60. The van der Waals surface area contributed by atoms with Crippen LogP contribution in [0.2, 0.25) is 5.02 Å². The van der Waals surface area contributed by atoms with Crippen LogP contribution in [0.15, 0.2) is 42.5 Å². The van der Waals surface area contributed by atoms with Gasteiger partial charge in [-0.1, -0.05) is 18.5 Å². The minimum Gasteiger partial charge on any atom is -0.490 e. The van der Waals surface area contributed by atoms with Crippen LogP contribution in [0.1, 0.15) is 30.1 Å². The molecule has 0 bridgehead atoms. The highest BCUT2D eigenvalue weighted by atomic mass is 35.5. The van der Waals surface area contributed by atoms with Crippen LogP contribution in [0.25, 0.3) is 0 Å². The predicted octanol–water partition coefficient (Wildman–Crippen LogP) is 4.72. The number of carbonyl (C=O) groups is 1. The first-order valence-electron chi connectivity index (χ1n) is 9.53. The molecular weight excluding hydrogens is 396 g/mol. The van der Waals surface area contributed by atoms with E-state index >= 15 is 0 Å². The third-order valence-corrected chi connectivity index (χ3v) is 5.06. The first-order valence-corrected chi connectivity index (χ1v) is 9.90. The number of rotatable bonds is 7. The van der Waals surface area contributed by atoms with Crippen LogP contribution in [0.5, 0.6) is 5.75 Å². The van der Waals surface area contributed by atoms with Gasteiger partial charge in [0.15, 0.2) is 0 Å². The molecule has 2 aromatic carbocycles. The number of benzene rings is 2. The number of ether oxygens (including phenoxy) is 2. The van der Waals surface area contributed by atoms with Crippen molar-refractivity contribution in [3.63, 3.8) is 0 Å². The molecule has 3 rings (SSSR count). The molecule has 1 aliphatic rings. The minimum atomic E-state index is -0.619. The number of nitro benzene ring substituents is 1. The molecule has 0 spiro atoms. The van der Waals surface area contributed by atoms with Crippen molar-refractivity contribution >= 4 is 28.9 Å². The number of anilines is 1. The SMILES string of the molecule is C[C@@H]1CCCN(c2ccc(C(=O)OCCOc3ccc(Cl)cc3)cc2[N+](=O)[O-])C1. The van der Waals surface area contributed by atoms with Gasteiger partial charge in [0, 0.05) is 24.2 Å². The van der Waals surface area contributed by atoms with Gasteiger partial charge in [-0.2, -0.15) is 0 Å². The molecule has 0 N–H and O–H groups in total. The Labute approximate surface area is 174 Å². The minimum absolute atomic E-state index is 0.0284. The Hall–Kier alpha value is -2.80. The van der Waals surface area contributed by atoms with Crippen molar-refractivity contribution in [1.82, 2.24) is 0 Å². The van der Waals surface area contributed by atoms with Gasteiger partial charge in [0.2, 0.25) is 0 Å². The van der Waals surface area contributed by atoms with E-state index in [4.69, 9.17) is 21.1 Å². The summed E-state index contributed by atoms with van der Waals surface area (Å²) in [6, 6.07) is 11.3. The highest BCUT2D eigenvalue weighted by molar-refractivity contribution is 6.30. The molecule has 0 aromatic heterocycles. The number of piperidine rings is 1. The average molecular weight is 419 g/mol. The molecule has 29 heavy (non-hydrogen) atoms. The summed E-state index contributed by atoms with van der Waals surface area (Å²) in [6.45, 7) is 3.87. The molecule has 0 aliphatic carbocycles. The van der Waals surface area contributed by atoms with Gasteiger partial charge in [0.25, 0.3) is 5.69 Å². The predicted molar refractivity (Wildman–Crippen MR) is 111 cm³/mol. The van der Waals surface area contributed by atoms with Crippen molar-refractivity contribution in [3.05, 3.63) is 63.2 Å². The maximum absolute atomic E-state index is 12.3. The van der Waals surface area contributed by atoms with Gasteiger partial charge in [-0.15, -0.1) is 0 Å². The molecule has 1 atom stereocenters. The number of hydrogen-bond acceptors (Lipinski definition) is 6. The second-order valence-electron chi connectivity index (χ2n) is 7.09. The summed E-state index contributed by atoms with van der Waals surface area (Å²) in [5.41, 5.74) is 0.618. The fourth-order valence-electron chi connectivity index (χ4n) is 3.38. The standard InChI is InChI=1S/C21H23ClN2O5/c1-15-3-2-10-23(14-15)19-9-4-16(13-20(19)24(26)27)21(25)29-12-11-28-18-7-5-17(22)6-8-18/h4-9,13,15H,2-3,10-12,14H2,1H3/t15-/m1/s1. The van der Waals surface area contributed by atoms with E-state index in [-0.39, 0.29) is 24.5 Å². The van der Waals surface area contributed by atoms with E-state index in [1.165, 1.54) is 6.07 Å². The van der Waals surface area contributed by atoms with Crippen molar-refractivity contribution < 1.29 is 19.2 Å². The Balaban J connectivity index is 1.60. The second-order valence-corrected chi connectivity index (χ2v) is 7.53. The molecule has 8 heteroatoms. The molecule has 7 nitrogen and oxygen atoms in total. The quantitative estimate of drug-likeness (QED) is 0.280. The molecule has 1 aliphatic heterocycles. The van der Waals surface area contributed by atoms with Crippen LogP contribution >= 0.6 is 11.6 Å². The Morgan fingerprint density at radius 1 is 1.24 bits per heavy atom. The summed E-state index contributed by atoms with van der Waals surface area (Å²) in [7, 11) is 0. The van der Waals surface area contributed by atoms with Crippen LogP contribution in [0.3, 0.4) is 0 Å². The van der Waals surface area contributed by atoms with Gasteiger partial charge in [-0.05, 0) is 55.2 Å². The molecule has 2 aromatic rings. The summed E-state index contributed by atoms with van der Waals surface area (Å²) in [6.07, 6.45) is 2.11. The number of nitro groups is 1. The highest BCUT2D eigenvalue weighted by Gasteiger charge is 2.25. The summed E-state index contributed by atoms with van der Waals surface area (Å²) in [5, 5.41) is 12.2. The van der Waals surface area contributed by atoms with Crippen LogP contribution in [-0.2, 0) is 4.74 Å². The third-order valence-electron chi connectivity index (χ3n) is 4.80. The number of carbonyl (C=O) groups excluding carboxylic acids is 1. The van der Waals surface area contributed by atoms with Gasteiger partial charge in [-0.25, -0.2) is 4.79 Å². The molecule has 1 heterocycles. The molecule has 0 amide bonds. The highest BCUT2D eigenvalue weighted by Crippen LogP contribution is 2.32. The lowest BCUT2D eigenvalue weighted by molar-refractivity contribution is -0.384. The zero-order valence-electron chi connectivity index (χ0n) is 16.2. The molecule has 0 saturated carbocycles. The van der Waals surface area contributed by atoms with Gasteiger partial charge in [0.05, 0.1) is 10.5 Å². The molecular formula is C21H23ClN2O5. The van der Waals surface area contributed by atoms with E-state index in [1.54, 1.807) is 36.4 Å². The van der Waals surface area contributed by atoms with Gasteiger partial charge < -0.3 is 14.4 Å². The normalized spacial score (nSPS) is 16.3. The Bertz CT molecular complexity index is 872.